The molecule has 3 unspecified atom stereocenters. The van der Waals surface area contributed by atoms with E-state index < -0.39 is 23.3 Å². The van der Waals surface area contributed by atoms with Crippen LogP contribution < -0.4 is 0 Å². The second kappa shape index (κ2) is 6.27. The van der Waals surface area contributed by atoms with Crippen LogP contribution in [-0.2, 0) is 14.4 Å². The molecule has 2 aromatic rings. The summed E-state index contributed by atoms with van der Waals surface area (Å²) in [6, 6.07) is 14.9. The van der Waals surface area contributed by atoms with E-state index in [1.165, 1.54) is 0 Å². The molecule has 0 aromatic heterocycles. The van der Waals surface area contributed by atoms with Gasteiger partial charge in [0.15, 0.2) is 0 Å². The monoisotopic (exact) mass is 403 g/mol. The second-order valence-electron chi connectivity index (χ2n) is 9.43. The SMILES string of the molecule is CC(C)CC(C(=O)O)N1C(=O)C2C3c4ccccc4C(c4ccccc43)C2(C)C1=O. The van der Waals surface area contributed by atoms with Gasteiger partial charge in [0.1, 0.15) is 6.04 Å². The summed E-state index contributed by atoms with van der Waals surface area (Å²) < 4.78 is 0. The quantitative estimate of drug-likeness (QED) is 0.789. The molecule has 5 heteroatoms. The second-order valence-corrected chi connectivity index (χ2v) is 9.43. The van der Waals surface area contributed by atoms with Crippen molar-refractivity contribution >= 4 is 17.8 Å². The Morgan fingerprint density at radius 2 is 1.50 bits per heavy atom. The maximum absolute atomic E-state index is 13.9. The van der Waals surface area contributed by atoms with Crippen LogP contribution in [0.1, 0.15) is 61.3 Å². The number of hydrogen-bond acceptors (Lipinski definition) is 3. The summed E-state index contributed by atoms with van der Waals surface area (Å²) in [5, 5.41) is 9.88. The lowest BCUT2D eigenvalue weighted by molar-refractivity contribution is -0.156. The summed E-state index contributed by atoms with van der Waals surface area (Å²) in [6.45, 7) is 5.69. The number of aliphatic carboxylic acids is 1. The number of hydrogen-bond donors (Lipinski definition) is 1. The van der Waals surface area contributed by atoms with E-state index in [9.17, 15) is 19.5 Å². The molecule has 1 N–H and O–H groups in total. The van der Waals surface area contributed by atoms with Crippen LogP contribution in [0.3, 0.4) is 0 Å². The van der Waals surface area contributed by atoms with Crippen LogP contribution >= 0.6 is 0 Å². The van der Waals surface area contributed by atoms with Crippen molar-refractivity contribution in [3.05, 3.63) is 70.8 Å². The van der Waals surface area contributed by atoms with Gasteiger partial charge in [-0.25, -0.2) is 4.79 Å². The highest BCUT2D eigenvalue weighted by atomic mass is 16.4. The lowest BCUT2D eigenvalue weighted by Crippen LogP contribution is -2.50. The van der Waals surface area contributed by atoms with E-state index in [2.05, 4.69) is 0 Å². The van der Waals surface area contributed by atoms with Crippen molar-refractivity contribution in [1.29, 1.82) is 0 Å². The Hall–Kier alpha value is -2.95. The van der Waals surface area contributed by atoms with Crippen LogP contribution in [0.2, 0.25) is 0 Å². The Morgan fingerprint density at radius 1 is 1.00 bits per heavy atom. The Bertz CT molecular complexity index is 1040. The third kappa shape index (κ3) is 2.21. The molecule has 1 fully saturated rings. The number of carboxylic acids is 1. The molecule has 0 saturated carbocycles. The van der Waals surface area contributed by atoms with Gasteiger partial charge in [-0.05, 0) is 41.5 Å². The molecule has 154 valence electrons. The van der Waals surface area contributed by atoms with Gasteiger partial charge in [0.2, 0.25) is 11.8 Å². The first kappa shape index (κ1) is 19.0. The Labute approximate surface area is 175 Å². The normalized spacial score (nSPS) is 29.6. The highest BCUT2D eigenvalue weighted by Crippen LogP contribution is 2.67. The number of carbonyl (C=O) groups excluding carboxylic acids is 2. The van der Waals surface area contributed by atoms with Gasteiger partial charge in [-0.3, -0.25) is 14.5 Å². The van der Waals surface area contributed by atoms with Gasteiger partial charge in [-0.15, -0.1) is 0 Å². The van der Waals surface area contributed by atoms with Crippen LogP contribution in [0.15, 0.2) is 48.5 Å². The molecule has 2 amide bonds. The molecule has 1 saturated heterocycles. The number of carboxylic acid groups (broad SMARTS) is 1. The molecular weight excluding hydrogens is 378 g/mol. The first-order chi connectivity index (χ1) is 14.3. The highest BCUT2D eigenvalue weighted by molar-refractivity contribution is 6.12. The van der Waals surface area contributed by atoms with Crippen molar-refractivity contribution in [1.82, 2.24) is 4.90 Å². The average molecular weight is 403 g/mol. The molecule has 5 nitrogen and oxygen atoms in total. The molecule has 30 heavy (non-hydrogen) atoms. The number of nitrogens with zero attached hydrogens (tertiary/aromatic N) is 1. The van der Waals surface area contributed by atoms with Crippen LogP contribution in [-0.4, -0.2) is 33.8 Å². The zero-order chi connectivity index (χ0) is 21.4. The third-order valence-electron chi connectivity index (χ3n) is 7.34. The predicted molar refractivity (Wildman–Crippen MR) is 111 cm³/mol. The molecular formula is C25H25NO4. The van der Waals surface area contributed by atoms with Crippen LogP contribution in [0.5, 0.6) is 0 Å². The van der Waals surface area contributed by atoms with E-state index >= 15 is 0 Å². The Kier molecular flexibility index (Phi) is 3.98. The number of likely N-dealkylation sites (tertiary alicyclic amines) is 1. The summed E-state index contributed by atoms with van der Waals surface area (Å²) in [6.07, 6.45) is 0.255. The van der Waals surface area contributed by atoms with E-state index in [-0.39, 0.29) is 36.0 Å². The lowest BCUT2D eigenvalue weighted by atomic mass is 9.48. The number of benzene rings is 2. The molecule has 1 heterocycles. The van der Waals surface area contributed by atoms with E-state index in [1.807, 2.05) is 69.3 Å². The van der Waals surface area contributed by atoms with Gasteiger partial charge in [0, 0.05) is 11.8 Å². The smallest absolute Gasteiger partial charge is 0.326 e. The number of carbonyl (C=O) groups is 3. The minimum atomic E-state index is -1.13. The van der Waals surface area contributed by atoms with Gasteiger partial charge in [0.05, 0.1) is 11.3 Å². The largest absolute Gasteiger partial charge is 0.480 e. The zero-order valence-corrected chi connectivity index (χ0v) is 17.3. The van der Waals surface area contributed by atoms with Crippen LogP contribution in [0, 0.1) is 17.3 Å². The molecule has 6 rings (SSSR count). The molecule has 3 atom stereocenters. The van der Waals surface area contributed by atoms with Gasteiger partial charge in [-0.2, -0.15) is 0 Å². The average Bonchev–Trinajstić information content (AvgIpc) is 2.92. The molecule has 2 aromatic carbocycles. The van der Waals surface area contributed by atoms with Crippen LogP contribution in [0.25, 0.3) is 0 Å². The maximum atomic E-state index is 13.9. The summed E-state index contributed by atoms with van der Waals surface area (Å²) in [5.41, 5.74) is 3.36. The third-order valence-corrected chi connectivity index (χ3v) is 7.34. The summed E-state index contributed by atoms with van der Waals surface area (Å²) in [5.74, 6) is -2.81. The minimum Gasteiger partial charge on any atom is -0.480 e. The standard InChI is InChI=1S/C25H25NO4/c1-13(2)12-18(23(28)29)26-22(27)21-19-14-8-4-6-10-16(14)20(25(21,3)24(26)30)17-11-7-5-9-15(17)19/h4-11,13,18-21H,12H2,1-3H3,(H,28,29). The minimum absolute atomic E-state index is 0.0493. The van der Waals surface area contributed by atoms with Gasteiger partial charge in [0.25, 0.3) is 0 Å². The van der Waals surface area contributed by atoms with E-state index in [0.29, 0.717) is 0 Å². The predicted octanol–water partition coefficient (Wildman–Crippen LogP) is 3.77. The summed E-state index contributed by atoms with van der Waals surface area (Å²) in [4.78, 5) is 40.8. The Morgan fingerprint density at radius 3 is 1.97 bits per heavy atom. The molecule has 1 aliphatic heterocycles. The first-order valence-corrected chi connectivity index (χ1v) is 10.6. The molecule has 3 aliphatic carbocycles. The van der Waals surface area contributed by atoms with Crippen molar-refractivity contribution in [3.8, 4) is 0 Å². The van der Waals surface area contributed by atoms with E-state index in [1.54, 1.807) is 0 Å². The molecule has 4 aliphatic rings. The van der Waals surface area contributed by atoms with Crippen molar-refractivity contribution in [3.63, 3.8) is 0 Å². The lowest BCUT2D eigenvalue weighted by Gasteiger charge is -2.51. The van der Waals surface area contributed by atoms with Crippen LogP contribution in [0.4, 0.5) is 0 Å². The van der Waals surface area contributed by atoms with Crippen molar-refractivity contribution < 1.29 is 19.5 Å². The first-order valence-electron chi connectivity index (χ1n) is 10.6. The van der Waals surface area contributed by atoms with Gasteiger partial charge >= 0.3 is 5.97 Å². The summed E-state index contributed by atoms with van der Waals surface area (Å²) >= 11 is 0. The fraction of sp³-hybridized carbons (Fsp3) is 0.400. The number of rotatable bonds is 4. The van der Waals surface area contributed by atoms with E-state index in [0.717, 1.165) is 27.2 Å². The van der Waals surface area contributed by atoms with Crippen molar-refractivity contribution in [2.75, 3.05) is 0 Å². The maximum Gasteiger partial charge on any atom is 0.326 e. The zero-order valence-electron chi connectivity index (χ0n) is 17.3. The molecule has 0 spiro atoms. The summed E-state index contributed by atoms with van der Waals surface area (Å²) in [7, 11) is 0. The fourth-order valence-electron chi connectivity index (χ4n) is 6.20. The van der Waals surface area contributed by atoms with Crippen molar-refractivity contribution in [2.45, 2.75) is 45.1 Å². The molecule has 2 bridgehead atoms. The number of imide groups is 1. The molecule has 0 radical (unpaired) electrons. The van der Waals surface area contributed by atoms with E-state index in [4.69, 9.17) is 0 Å². The fourth-order valence-corrected chi connectivity index (χ4v) is 6.20. The Balaban J connectivity index is 1.73. The van der Waals surface area contributed by atoms with Crippen molar-refractivity contribution in [2.24, 2.45) is 17.3 Å². The topological polar surface area (TPSA) is 74.7 Å². The highest BCUT2D eigenvalue weighted by Gasteiger charge is 2.69. The van der Waals surface area contributed by atoms with Gasteiger partial charge < -0.3 is 5.11 Å². The van der Waals surface area contributed by atoms with Gasteiger partial charge in [-0.1, -0.05) is 62.4 Å². The number of amides is 2.